The number of H-pyrrole nitrogens is 2. The zero-order valence-electron chi connectivity index (χ0n) is 22.2. The Morgan fingerprint density at radius 1 is 0.575 bits per heavy atom. The third kappa shape index (κ3) is 4.13. The molecule has 0 aliphatic carbocycles. The normalized spacial score (nSPS) is 15.2. The molecule has 2 aliphatic heterocycles. The fourth-order valence-electron chi connectivity index (χ4n) is 6.02. The molecule has 0 atom stereocenters. The van der Waals surface area contributed by atoms with Gasteiger partial charge in [0.2, 0.25) is 0 Å². The van der Waals surface area contributed by atoms with Crippen LogP contribution in [0, 0.1) is 0 Å². The van der Waals surface area contributed by atoms with E-state index in [-0.39, 0.29) is 0 Å². The SMILES string of the molecule is c1cc2cc(-c3ccc4c(c3)Oc3cc(-c5ccc6[nH]ccc6c5)ccc3N4CCN3CCOCC3)ccc2[nH]1. The predicted molar refractivity (Wildman–Crippen MR) is 162 cm³/mol. The minimum atomic E-state index is 0.806. The van der Waals surface area contributed by atoms with Crippen LogP contribution >= 0.6 is 0 Å². The average molecular weight is 527 g/mol. The van der Waals surface area contributed by atoms with Gasteiger partial charge in [0.15, 0.2) is 11.5 Å². The van der Waals surface area contributed by atoms with Crippen molar-refractivity contribution in [3.8, 4) is 33.8 Å². The van der Waals surface area contributed by atoms with Crippen LogP contribution in [0.15, 0.2) is 97.3 Å². The van der Waals surface area contributed by atoms with Crippen molar-refractivity contribution in [2.24, 2.45) is 0 Å². The van der Waals surface area contributed by atoms with Crippen molar-refractivity contribution < 1.29 is 9.47 Å². The molecule has 1 saturated heterocycles. The lowest BCUT2D eigenvalue weighted by molar-refractivity contribution is 0.0394. The lowest BCUT2D eigenvalue weighted by Crippen LogP contribution is -2.41. The second kappa shape index (κ2) is 9.59. The molecule has 6 nitrogen and oxygen atoms in total. The topological polar surface area (TPSA) is 56.5 Å². The number of nitrogens with one attached hydrogen (secondary N) is 2. The smallest absolute Gasteiger partial charge is 0.151 e. The molecule has 2 N–H and O–H groups in total. The van der Waals surface area contributed by atoms with Crippen LogP contribution in [0.1, 0.15) is 0 Å². The molecule has 4 heterocycles. The molecular weight excluding hydrogens is 496 g/mol. The molecule has 6 aromatic rings. The van der Waals surface area contributed by atoms with Crippen molar-refractivity contribution in [1.82, 2.24) is 14.9 Å². The van der Waals surface area contributed by atoms with Gasteiger partial charge in [-0.25, -0.2) is 0 Å². The molecule has 1 fully saturated rings. The lowest BCUT2D eigenvalue weighted by Gasteiger charge is -2.35. The van der Waals surface area contributed by atoms with Crippen molar-refractivity contribution in [2.75, 3.05) is 44.3 Å². The molecule has 0 bridgehead atoms. The highest BCUT2D eigenvalue weighted by molar-refractivity contribution is 5.89. The lowest BCUT2D eigenvalue weighted by atomic mass is 10.0. The highest BCUT2D eigenvalue weighted by Crippen LogP contribution is 2.49. The summed E-state index contributed by atoms with van der Waals surface area (Å²) >= 11 is 0. The van der Waals surface area contributed by atoms with E-state index in [2.05, 4.69) is 105 Å². The molecule has 0 unspecified atom stereocenters. The largest absolute Gasteiger partial charge is 0.453 e. The second-order valence-corrected chi connectivity index (χ2v) is 10.6. The van der Waals surface area contributed by atoms with E-state index < -0.39 is 0 Å². The number of morpholine rings is 1. The van der Waals surface area contributed by atoms with E-state index in [0.29, 0.717) is 0 Å². The Bertz CT molecular complexity index is 1720. The summed E-state index contributed by atoms with van der Waals surface area (Å²) in [4.78, 5) is 11.5. The fourth-order valence-corrected chi connectivity index (χ4v) is 6.02. The number of nitrogens with zero attached hydrogens (tertiary/aromatic N) is 2. The van der Waals surface area contributed by atoms with Crippen LogP contribution in [0.25, 0.3) is 44.1 Å². The van der Waals surface area contributed by atoms with Crippen LogP contribution in [-0.4, -0.2) is 54.3 Å². The first-order valence-corrected chi connectivity index (χ1v) is 14.0. The van der Waals surface area contributed by atoms with Crippen molar-refractivity contribution in [3.05, 3.63) is 97.3 Å². The summed E-state index contributed by atoms with van der Waals surface area (Å²) in [6, 6.07) is 30.5. The number of fused-ring (bicyclic) bond motifs is 4. The Morgan fingerprint density at radius 2 is 1.10 bits per heavy atom. The number of ether oxygens (including phenoxy) is 2. The van der Waals surface area contributed by atoms with Crippen LogP contribution in [0.5, 0.6) is 11.5 Å². The van der Waals surface area contributed by atoms with Gasteiger partial charge in [-0.2, -0.15) is 0 Å². The number of rotatable bonds is 5. The zero-order valence-corrected chi connectivity index (χ0v) is 22.2. The van der Waals surface area contributed by atoms with Crippen molar-refractivity contribution in [3.63, 3.8) is 0 Å². The van der Waals surface area contributed by atoms with Crippen LogP contribution < -0.4 is 9.64 Å². The second-order valence-electron chi connectivity index (χ2n) is 10.6. The van der Waals surface area contributed by atoms with Gasteiger partial charge in [-0.1, -0.05) is 24.3 Å². The monoisotopic (exact) mass is 526 g/mol. The highest BCUT2D eigenvalue weighted by atomic mass is 16.5. The minimum Gasteiger partial charge on any atom is -0.453 e. The van der Waals surface area contributed by atoms with Crippen LogP contribution in [0.2, 0.25) is 0 Å². The van der Waals surface area contributed by atoms with E-state index in [4.69, 9.17) is 9.47 Å². The molecular formula is C34H30N4O2. The summed E-state index contributed by atoms with van der Waals surface area (Å²) < 4.78 is 12.3. The van der Waals surface area contributed by atoms with Gasteiger partial charge in [0.25, 0.3) is 0 Å². The first-order chi connectivity index (χ1) is 19.8. The van der Waals surface area contributed by atoms with Crippen LogP contribution in [0.4, 0.5) is 11.4 Å². The number of hydrogen-bond donors (Lipinski definition) is 2. The molecule has 0 spiro atoms. The number of anilines is 2. The van der Waals surface area contributed by atoms with Crippen molar-refractivity contribution in [1.29, 1.82) is 0 Å². The standard InChI is InChI=1S/C34H30N4O2/c1-5-29-27(9-11-35-29)19-23(1)25-3-7-31-33(21-25)40-34-22-26(24-2-6-30-28(20-24)10-12-36-30)4-8-32(34)38(31)14-13-37-15-17-39-18-16-37/h1-12,19-22,35-36H,13-18H2. The summed E-state index contributed by atoms with van der Waals surface area (Å²) in [5.41, 5.74) is 9.15. The number of aromatic amines is 2. The molecule has 0 radical (unpaired) electrons. The molecule has 4 aromatic carbocycles. The molecule has 2 aromatic heterocycles. The summed E-state index contributed by atoms with van der Waals surface area (Å²) in [5, 5.41) is 2.41. The maximum Gasteiger partial charge on any atom is 0.151 e. The first kappa shape index (κ1) is 23.4. The van der Waals surface area contributed by atoms with E-state index in [1.54, 1.807) is 0 Å². The number of aromatic nitrogens is 2. The predicted octanol–water partition coefficient (Wildman–Crippen LogP) is 7.56. The van der Waals surface area contributed by atoms with Gasteiger partial charge in [0.1, 0.15) is 0 Å². The summed E-state index contributed by atoms with van der Waals surface area (Å²) in [5.74, 6) is 1.78. The summed E-state index contributed by atoms with van der Waals surface area (Å²) in [6.07, 6.45) is 3.97. The molecule has 6 heteroatoms. The average Bonchev–Trinajstić information content (AvgIpc) is 3.68. The van der Waals surface area contributed by atoms with Gasteiger partial charge in [-0.05, 0) is 93.7 Å². The first-order valence-electron chi connectivity index (χ1n) is 14.0. The Kier molecular flexibility index (Phi) is 5.60. The summed E-state index contributed by atoms with van der Waals surface area (Å²) in [7, 11) is 0. The zero-order chi connectivity index (χ0) is 26.5. The third-order valence-electron chi connectivity index (χ3n) is 8.24. The quantitative estimate of drug-likeness (QED) is 0.243. The third-order valence-corrected chi connectivity index (χ3v) is 8.24. The maximum absolute atomic E-state index is 6.68. The fraction of sp³-hybridized carbons (Fsp3) is 0.176. The van der Waals surface area contributed by atoms with Gasteiger partial charge in [0.05, 0.1) is 24.6 Å². The molecule has 40 heavy (non-hydrogen) atoms. The van der Waals surface area contributed by atoms with E-state index >= 15 is 0 Å². The van der Waals surface area contributed by atoms with Gasteiger partial charge in [0, 0.05) is 49.6 Å². The minimum absolute atomic E-state index is 0.806. The number of benzene rings is 4. The van der Waals surface area contributed by atoms with E-state index in [9.17, 15) is 0 Å². The van der Waals surface area contributed by atoms with Gasteiger partial charge in [-0.3, -0.25) is 4.90 Å². The molecule has 8 rings (SSSR count). The molecule has 0 amide bonds. The van der Waals surface area contributed by atoms with E-state index in [1.807, 2.05) is 12.4 Å². The van der Waals surface area contributed by atoms with E-state index in [1.165, 1.54) is 21.9 Å². The van der Waals surface area contributed by atoms with Crippen molar-refractivity contribution >= 4 is 33.2 Å². The maximum atomic E-state index is 6.68. The number of hydrogen-bond acceptors (Lipinski definition) is 4. The van der Waals surface area contributed by atoms with Gasteiger partial charge >= 0.3 is 0 Å². The van der Waals surface area contributed by atoms with Crippen molar-refractivity contribution in [2.45, 2.75) is 0 Å². The Balaban J connectivity index is 1.18. The highest BCUT2D eigenvalue weighted by Gasteiger charge is 2.26. The van der Waals surface area contributed by atoms with Crippen LogP contribution in [-0.2, 0) is 4.74 Å². The Hall–Kier alpha value is -4.52. The summed E-state index contributed by atoms with van der Waals surface area (Å²) in [6.45, 7) is 5.42. The van der Waals surface area contributed by atoms with Gasteiger partial charge in [-0.15, -0.1) is 0 Å². The van der Waals surface area contributed by atoms with Gasteiger partial charge < -0.3 is 24.3 Å². The molecule has 2 aliphatic rings. The Labute approximate surface area is 232 Å². The molecule has 198 valence electrons. The molecule has 0 saturated carbocycles. The van der Waals surface area contributed by atoms with Crippen LogP contribution in [0.3, 0.4) is 0 Å². The van der Waals surface area contributed by atoms with E-state index in [0.717, 1.165) is 84.4 Å². The Morgan fingerprint density at radius 3 is 1.68 bits per heavy atom.